The molecular weight excluding hydrogens is 447 g/mol. The number of hydrogen-bond acceptors (Lipinski definition) is 4. The van der Waals surface area contributed by atoms with Crippen LogP contribution in [0.25, 0.3) is 5.76 Å². The first-order chi connectivity index (χ1) is 16.1. The SMILES string of the molecule is COc1ccccc1/C(O)=C1\C(=O)C(=O)N(c2ccc(C(F)(F)F)cc2)C1c1cccc(C)c1. The monoisotopic (exact) mass is 467 g/mol. The zero-order valence-corrected chi connectivity index (χ0v) is 18.3. The molecule has 1 heterocycles. The number of ketones is 1. The van der Waals surface area contributed by atoms with Crippen molar-refractivity contribution in [2.75, 3.05) is 12.0 Å². The van der Waals surface area contributed by atoms with E-state index in [9.17, 15) is 27.9 Å². The molecule has 0 radical (unpaired) electrons. The Kier molecular flexibility index (Phi) is 5.91. The first-order valence-electron chi connectivity index (χ1n) is 10.3. The molecule has 0 bridgehead atoms. The van der Waals surface area contributed by atoms with Crippen LogP contribution >= 0.6 is 0 Å². The molecule has 1 amide bonds. The van der Waals surface area contributed by atoms with Gasteiger partial charge in [0.05, 0.1) is 29.9 Å². The van der Waals surface area contributed by atoms with Gasteiger partial charge in [-0.15, -0.1) is 0 Å². The van der Waals surface area contributed by atoms with Crippen molar-refractivity contribution < 1.29 is 32.6 Å². The Morgan fingerprint density at radius 1 is 0.971 bits per heavy atom. The fourth-order valence-corrected chi connectivity index (χ4v) is 4.05. The van der Waals surface area contributed by atoms with Gasteiger partial charge in [-0.05, 0) is 48.9 Å². The molecule has 1 saturated heterocycles. The number of amides is 1. The summed E-state index contributed by atoms with van der Waals surface area (Å²) >= 11 is 0. The van der Waals surface area contributed by atoms with E-state index >= 15 is 0 Å². The standard InChI is InChI=1S/C26H20F3NO4/c1-15-6-5-7-16(14-15)22-21(23(31)19-8-3-4-9-20(19)34-2)24(32)25(33)30(22)18-12-10-17(11-13-18)26(27,28)29/h3-14,22,31H,1-2H3/b23-21+. The molecule has 0 aliphatic carbocycles. The summed E-state index contributed by atoms with van der Waals surface area (Å²) in [6, 6.07) is 16.4. The Hall–Kier alpha value is -4.07. The number of halogens is 3. The van der Waals surface area contributed by atoms with E-state index in [1.54, 1.807) is 42.5 Å². The minimum atomic E-state index is -4.55. The highest BCUT2D eigenvalue weighted by Crippen LogP contribution is 2.44. The van der Waals surface area contributed by atoms with Gasteiger partial charge in [0.2, 0.25) is 0 Å². The lowest BCUT2D eigenvalue weighted by Crippen LogP contribution is -2.29. The molecule has 0 aromatic heterocycles. The van der Waals surface area contributed by atoms with Crippen molar-refractivity contribution in [3.05, 3.63) is 101 Å². The zero-order valence-electron chi connectivity index (χ0n) is 18.3. The maximum absolute atomic E-state index is 13.2. The molecular formula is C26H20F3NO4. The van der Waals surface area contributed by atoms with Crippen LogP contribution in [0.1, 0.15) is 28.3 Å². The average Bonchev–Trinajstić information content (AvgIpc) is 3.08. The molecule has 3 aromatic rings. The van der Waals surface area contributed by atoms with Crippen LogP contribution in [0, 0.1) is 6.92 Å². The number of carbonyl (C=O) groups is 2. The van der Waals surface area contributed by atoms with Crippen LogP contribution in [0.5, 0.6) is 5.75 Å². The number of aliphatic hydroxyl groups is 1. The van der Waals surface area contributed by atoms with Crippen molar-refractivity contribution in [3.8, 4) is 5.75 Å². The van der Waals surface area contributed by atoms with Gasteiger partial charge in [-0.3, -0.25) is 14.5 Å². The minimum Gasteiger partial charge on any atom is -0.507 e. The first kappa shape index (κ1) is 23.1. The smallest absolute Gasteiger partial charge is 0.416 e. The van der Waals surface area contributed by atoms with E-state index in [4.69, 9.17) is 4.74 Å². The summed E-state index contributed by atoms with van der Waals surface area (Å²) in [5, 5.41) is 11.2. The Morgan fingerprint density at radius 3 is 2.26 bits per heavy atom. The second kappa shape index (κ2) is 8.70. The molecule has 174 valence electrons. The summed E-state index contributed by atoms with van der Waals surface area (Å²) in [6.45, 7) is 1.83. The molecule has 5 nitrogen and oxygen atoms in total. The van der Waals surface area contributed by atoms with Gasteiger partial charge in [0, 0.05) is 5.69 Å². The van der Waals surface area contributed by atoms with Crippen LogP contribution in [-0.2, 0) is 15.8 Å². The summed E-state index contributed by atoms with van der Waals surface area (Å²) in [7, 11) is 1.41. The number of hydrogen-bond donors (Lipinski definition) is 1. The van der Waals surface area contributed by atoms with Gasteiger partial charge >= 0.3 is 6.18 Å². The lowest BCUT2D eigenvalue weighted by Gasteiger charge is -2.26. The number of aryl methyl sites for hydroxylation is 1. The molecule has 1 N–H and O–H groups in total. The first-order valence-corrected chi connectivity index (χ1v) is 10.3. The Bertz CT molecular complexity index is 1300. The number of nitrogens with zero attached hydrogens (tertiary/aromatic N) is 1. The van der Waals surface area contributed by atoms with E-state index in [0.29, 0.717) is 11.3 Å². The normalized spacial score (nSPS) is 17.8. The fraction of sp³-hybridized carbons (Fsp3) is 0.154. The summed E-state index contributed by atoms with van der Waals surface area (Å²) in [5.74, 6) is -2.04. The van der Waals surface area contributed by atoms with E-state index in [1.807, 2.05) is 13.0 Å². The van der Waals surface area contributed by atoms with E-state index in [-0.39, 0.29) is 16.8 Å². The summed E-state index contributed by atoms with van der Waals surface area (Å²) in [4.78, 5) is 27.4. The van der Waals surface area contributed by atoms with E-state index in [2.05, 4.69) is 0 Å². The number of ether oxygens (including phenoxy) is 1. The highest BCUT2D eigenvalue weighted by atomic mass is 19.4. The Balaban J connectivity index is 1.94. The van der Waals surface area contributed by atoms with Gasteiger partial charge in [-0.25, -0.2) is 0 Å². The molecule has 1 unspecified atom stereocenters. The quantitative estimate of drug-likeness (QED) is 0.306. The molecule has 4 rings (SSSR count). The third-order valence-corrected chi connectivity index (χ3v) is 5.64. The number of para-hydroxylation sites is 1. The molecule has 0 spiro atoms. The average molecular weight is 467 g/mol. The maximum Gasteiger partial charge on any atom is 0.416 e. The number of anilines is 1. The highest BCUT2D eigenvalue weighted by molar-refractivity contribution is 6.51. The van der Waals surface area contributed by atoms with Gasteiger partial charge in [0.1, 0.15) is 11.5 Å². The van der Waals surface area contributed by atoms with Crippen molar-refractivity contribution >= 4 is 23.1 Å². The van der Waals surface area contributed by atoms with Crippen LogP contribution in [0.3, 0.4) is 0 Å². The van der Waals surface area contributed by atoms with Crippen LogP contribution < -0.4 is 9.64 Å². The van der Waals surface area contributed by atoms with Crippen LogP contribution in [0.4, 0.5) is 18.9 Å². The van der Waals surface area contributed by atoms with Crippen molar-refractivity contribution in [2.24, 2.45) is 0 Å². The fourth-order valence-electron chi connectivity index (χ4n) is 4.05. The van der Waals surface area contributed by atoms with Gasteiger partial charge in [-0.1, -0.05) is 42.0 Å². The third-order valence-electron chi connectivity index (χ3n) is 5.64. The summed E-state index contributed by atoms with van der Waals surface area (Å²) in [6.07, 6.45) is -4.55. The van der Waals surface area contributed by atoms with E-state index in [1.165, 1.54) is 7.11 Å². The molecule has 1 aliphatic heterocycles. The molecule has 1 aliphatic rings. The van der Waals surface area contributed by atoms with Gasteiger partial charge < -0.3 is 9.84 Å². The van der Waals surface area contributed by atoms with Crippen LogP contribution in [0.15, 0.2) is 78.4 Å². The summed E-state index contributed by atoms with van der Waals surface area (Å²) < 4.78 is 44.5. The molecule has 1 fully saturated rings. The van der Waals surface area contributed by atoms with Crippen molar-refractivity contribution in [1.82, 2.24) is 0 Å². The number of rotatable bonds is 4. The van der Waals surface area contributed by atoms with Crippen LogP contribution in [-0.4, -0.2) is 23.9 Å². The van der Waals surface area contributed by atoms with E-state index < -0.39 is 35.2 Å². The van der Waals surface area contributed by atoms with Gasteiger partial charge in [0.15, 0.2) is 0 Å². The largest absolute Gasteiger partial charge is 0.507 e. The molecule has 1 atom stereocenters. The second-order valence-electron chi connectivity index (χ2n) is 7.83. The third kappa shape index (κ3) is 4.03. The highest BCUT2D eigenvalue weighted by Gasteiger charge is 2.47. The summed E-state index contributed by atoms with van der Waals surface area (Å²) in [5.41, 5.74) is 0.617. The topological polar surface area (TPSA) is 66.8 Å². The lowest BCUT2D eigenvalue weighted by atomic mass is 9.94. The number of methoxy groups -OCH3 is 1. The van der Waals surface area contributed by atoms with Gasteiger partial charge in [-0.2, -0.15) is 13.2 Å². The number of aliphatic hydroxyl groups excluding tert-OH is 1. The lowest BCUT2D eigenvalue weighted by molar-refractivity contribution is -0.137. The van der Waals surface area contributed by atoms with E-state index in [0.717, 1.165) is 34.7 Å². The number of carbonyl (C=O) groups excluding carboxylic acids is 2. The second-order valence-corrected chi connectivity index (χ2v) is 7.83. The molecule has 3 aromatic carbocycles. The van der Waals surface area contributed by atoms with Crippen LogP contribution in [0.2, 0.25) is 0 Å². The zero-order chi connectivity index (χ0) is 24.6. The predicted molar refractivity (Wildman–Crippen MR) is 120 cm³/mol. The number of Topliss-reactive ketones (excluding diaryl/α,β-unsaturated/α-hetero) is 1. The van der Waals surface area contributed by atoms with Gasteiger partial charge in [0.25, 0.3) is 11.7 Å². The molecule has 8 heteroatoms. The molecule has 34 heavy (non-hydrogen) atoms. The van der Waals surface area contributed by atoms with Crippen molar-refractivity contribution in [1.29, 1.82) is 0 Å². The number of benzene rings is 3. The van der Waals surface area contributed by atoms with Crippen molar-refractivity contribution in [2.45, 2.75) is 19.1 Å². The Labute approximate surface area is 193 Å². The maximum atomic E-state index is 13.2. The number of alkyl halides is 3. The molecule has 0 saturated carbocycles. The predicted octanol–water partition coefficient (Wildman–Crippen LogP) is 5.65. The minimum absolute atomic E-state index is 0.0979. The van der Waals surface area contributed by atoms with Crippen molar-refractivity contribution in [3.63, 3.8) is 0 Å². The Morgan fingerprint density at radius 2 is 1.65 bits per heavy atom.